The minimum Gasteiger partial charge on any atom is -0.494 e. The number of thiocarbonyl (C=S) groups is 1. The Bertz CT molecular complexity index is 623. The van der Waals surface area contributed by atoms with Crippen LogP contribution < -0.4 is 4.74 Å². The highest BCUT2D eigenvalue weighted by Crippen LogP contribution is 2.16. The summed E-state index contributed by atoms with van der Waals surface area (Å²) in [7, 11) is 0. The summed E-state index contributed by atoms with van der Waals surface area (Å²) in [6.45, 7) is 2.66. The fourth-order valence-electron chi connectivity index (χ4n) is 1.75. The van der Waals surface area contributed by atoms with E-state index in [1.54, 1.807) is 0 Å². The van der Waals surface area contributed by atoms with Crippen LogP contribution in [0.2, 0.25) is 0 Å². The SMILES string of the molecule is CCOc1ccc(C=Cc2ccc(N=C=S)cc2)cc1. The molecule has 0 aliphatic rings. The largest absolute Gasteiger partial charge is 0.494 e. The minimum absolute atomic E-state index is 0.686. The first-order valence-corrected chi connectivity index (χ1v) is 6.81. The first-order chi connectivity index (χ1) is 9.81. The van der Waals surface area contributed by atoms with Gasteiger partial charge in [-0.2, -0.15) is 4.99 Å². The number of benzene rings is 2. The second kappa shape index (κ2) is 7.39. The molecular weight excluding hydrogens is 266 g/mol. The van der Waals surface area contributed by atoms with Crippen LogP contribution >= 0.6 is 12.2 Å². The van der Waals surface area contributed by atoms with E-state index in [0.717, 1.165) is 22.6 Å². The van der Waals surface area contributed by atoms with Crippen LogP contribution in [0.5, 0.6) is 5.75 Å². The zero-order chi connectivity index (χ0) is 14.2. The van der Waals surface area contributed by atoms with Gasteiger partial charge in [-0.05, 0) is 54.5 Å². The van der Waals surface area contributed by atoms with Gasteiger partial charge in [-0.3, -0.25) is 0 Å². The van der Waals surface area contributed by atoms with Gasteiger partial charge in [-0.25, -0.2) is 0 Å². The summed E-state index contributed by atoms with van der Waals surface area (Å²) < 4.78 is 5.41. The zero-order valence-electron chi connectivity index (χ0n) is 11.2. The van der Waals surface area contributed by atoms with Crippen molar-refractivity contribution < 1.29 is 4.74 Å². The maximum absolute atomic E-state index is 5.41. The van der Waals surface area contributed by atoms with Crippen LogP contribution in [0.4, 0.5) is 5.69 Å². The Balaban J connectivity index is 2.06. The van der Waals surface area contributed by atoms with E-state index in [1.165, 1.54) is 0 Å². The van der Waals surface area contributed by atoms with E-state index in [9.17, 15) is 0 Å². The maximum Gasteiger partial charge on any atom is 0.119 e. The van der Waals surface area contributed by atoms with Crippen LogP contribution in [0.25, 0.3) is 12.2 Å². The molecule has 2 aromatic carbocycles. The molecule has 20 heavy (non-hydrogen) atoms. The van der Waals surface area contributed by atoms with E-state index in [4.69, 9.17) is 4.74 Å². The molecule has 2 nitrogen and oxygen atoms in total. The molecule has 0 fully saturated rings. The predicted molar refractivity (Wildman–Crippen MR) is 87.7 cm³/mol. The van der Waals surface area contributed by atoms with Gasteiger partial charge < -0.3 is 4.74 Å². The van der Waals surface area contributed by atoms with Crippen LogP contribution in [-0.2, 0) is 0 Å². The minimum atomic E-state index is 0.686. The van der Waals surface area contributed by atoms with Crippen molar-refractivity contribution in [2.45, 2.75) is 6.92 Å². The summed E-state index contributed by atoms with van der Waals surface area (Å²) in [6, 6.07) is 15.8. The molecule has 3 heteroatoms. The van der Waals surface area contributed by atoms with Gasteiger partial charge in [0.2, 0.25) is 0 Å². The molecule has 100 valence electrons. The van der Waals surface area contributed by atoms with Crippen molar-refractivity contribution in [2.24, 2.45) is 4.99 Å². The molecule has 0 heterocycles. The second-order valence-electron chi connectivity index (χ2n) is 4.13. The van der Waals surface area contributed by atoms with Crippen molar-refractivity contribution >= 4 is 35.2 Å². The lowest BCUT2D eigenvalue weighted by Crippen LogP contribution is -1.90. The Morgan fingerprint density at radius 3 is 2.05 bits per heavy atom. The van der Waals surface area contributed by atoms with Crippen molar-refractivity contribution in [3.8, 4) is 5.75 Å². The Labute approximate surface area is 124 Å². The first kappa shape index (κ1) is 14.2. The Kier molecular flexibility index (Phi) is 5.24. The summed E-state index contributed by atoms with van der Waals surface area (Å²) in [4.78, 5) is 3.92. The standard InChI is InChI=1S/C17H15NOS/c1-2-19-17-11-7-15(8-12-17)4-3-14-5-9-16(10-6-14)18-13-20/h3-12H,2H2,1H3. The highest BCUT2D eigenvalue weighted by Gasteiger charge is 1.92. The van der Waals surface area contributed by atoms with Crippen LogP contribution in [0, 0.1) is 0 Å². The van der Waals surface area contributed by atoms with Crippen LogP contribution in [0.1, 0.15) is 18.1 Å². The number of rotatable bonds is 5. The number of hydrogen-bond acceptors (Lipinski definition) is 3. The van der Waals surface area contributed by atoms with Crippen LogP contribution in [0.3, 0.4) is 0 Å². The molecule has 0 radical (unpaired) electrons. The highest BCUT2D eigenvalue weighted by atomic mass is 32.1. The third kappa shape index (κ3) is 4.16. The molecule has 0 saturated heterocycles. The molecule has 0 aromatic heterocycles. The first-order valence-electron chi connectivity index (χ1n) is 6.40. The second-order valence-corrected chi connectivity index (χ2v) is 4.31. The molecule has 0 aliphatic carbocycles. The molecule has 0 unspecified atom stereocenters. The summed E-state index contributed by atoms with van der Waals surface area (Å²) in [5.41, 5.74) is 3.06. The van der Waals surface area contributed by atoms with Crippen LogP contribution in [-0.4, -0.2) is 11.8 Å². The fraction of sp³-hybridized carbons (Fsp3) is 0.118. The number of hydrogen-bond donors (Lipinski definition) is 0. The van der Waals surface area contributed by atoms with Crippen molar-refractivity contribution in [3.05, 3.63) is 59.7 Å². The Morgan fingerprint density at radius 2 is 1.55 bits per heavy atom. The van der Waals surface area contributed by atoms with Gasteiger partial charge in [0, 0.05) is 0 Å². The quantitative estimate of drug-likeness (QED) is 0.437. The topological polar surface area (TPSA) is 21.6 Å². The molecule has 0 saturated carbocycles. The summed E-state index contributed by atoms with van der Waals surface area (Å²) in [5, 5.41) is 2.36. The Hall–Kier alpha value is -2.22. The van der Waals surface area contributed by atoms with E-state index in [1.807, 2.05) is 55.5 Å². The molecule has 0 aliphatic heterocycles. The lowest BCUT2D eigenvalue weighted by atomic mass is 10.1. The molecule has 2 aromatic rings. The molecule has 0 atom stereocenters. The van der Waals surface area contributed by atoms with E-state index in [2.05, 4.69) is 34.5 Å². The monoisotopic (exact) mass is 281 g/mol. The molecule has 0 amide bonds. The fourth-order valence-corrected chi connectivity index (χ4v) is 1.85. The van der Waals surface area contributed by atoms with E-state index in [-0.39, 0.29) is 0 Å². The molecule has 0 bridgehead atoms. The van der Waals surface area contributed by atoms with Crippen molar-refractivity contribution in [2.75, 3.05) is 6.61 Å². The smallest absolute Gasteiger partial charge is 0.119 e. The van der Waals surface area contributed by atoms with Gasteiger partial charge in [0.25, 0.3) is 0 Å². The number of isothiocyanates is 1. The number of ether oxygens (including phenoxy) is 1. The normalized spacial score (nSPS) is 10.2. The van der Waals surface area contributed by atoms with Gasteiger partial charge in [0.1, 0.15) is 5.75 Å². The highest BCUT2D eigenvalue weighted by molar-refractivity contribution is 7.78. The average molecular weight is 281 g/mol. The third-order valence-electron chi connectivity index (χ3n) is 2.73. The predicted octanol–water partition coefficient (Wildman–Crippen LogP) is 4.99. The number of aliphatic imine (C=N–C) groups is 1. The van der Waals surface area contributed by atoms with Crippen molar-refractivity contribution in [3.63, 3.8) is 0 Å². The number of nitrogens with zero attached hydrogens (tertiary/aromatic N) is 1. The summed E-state index contributed by atoms with van der Waals surface area (Å²) in [6.07, 6.45) is 4.12. The molecule has 2 rings (SSSR count). The lowest BCUT2D eigenvalue weighted by molar-refractivity contribution is 0.340. The van der Waals surface area contributed by atoms with Gasteiger partial charge in [-0.1, -0.05) is 36.4 Å². The molecule has 0 N–H and O–H groups in total. The molecular formula is C17H15NOS. The maximum atomic E-state index is 5.41. The van der Waals surface area contributed by atoms with Gasteiger partial charge >= 0.3 is 0 Å². The molecule has 0 spiro atoms. The average Bonchev–Trinajstić information content (AvgIpc) is 2.49. The van der Waals surface area contributed by atoms with Crippen molar-refractivity contribution in [1.29, 1.82) is 0 Å². The summed E-state index contributed by atoms with van der Waals surface area (Å²) in [5.74, 6) is 0.895. The van der Waals surface area contributed by atoms with E-state index in [0.29, 0.717) is 6.61 Å². The Morgan fingerprint density at radius 1 is 1.00 bits per heavy atom. The summed E-state index contributed by atoms with van der Waals surface area (Å²) >= 11 is 4.57. The lowest BCUT2D eigenvalue weighted by Gasteiger charge is -2.02. The van der Waals surface area contributed by atoms with E-state index >= 15 is 0 Å². The third-order valence-corrected chi connectivity index (χ3v) is 2.82. The van der Waals surface area contributed by atoms with Crippen LogP contribution in [0.15, 0.2) is 53.5 Å². The van der Waals surface area contributed by atoms with E-state index < -0.39 is 0 Å². The zero-order valence-corrected chi connectivity index (χ0v) is 12.1. The van der Waals surface area contributed by atoms with Gasteiger partial charge in [-0.15, -0.1) is 0 Å². The van der Waals surface area contributed by atoms with Crippen molar-refractivity contribution in [1.82, 2.24) is 0 Å². The van der Waals surface area contributed by atoms with Gasteiger partial charge in [0.15, 0.2) is 0 Å². The van der Waals surface area contributed by atoms with Gasteiger partial charge in [0.05, 0.1) is 17.5 Å².